The van der Waals surface area contributed by atoms with Gasteiger partial charge >= 0.3 is 0 Å². The number of hydrogen-bond donors (Lipinski definition) is 1. The van der Waals surface area contributed by atoms with Crippen molar-refractivity contribution in [1.29, 1.82) is 0 Å². The Hall–Kier alpha value is -0.480. The summed E-state index contributed by atoms with van der Waals surface area (Å²) in [6.07, 6.45) is 2.15. The molecule has 0 fully saturated rings. The number of aryl methyl sites for hydroxylation is 2. The molecule has 0 aliphatic rings. The van der Waals surface area contributed by atoms with Crippen LogP contribution in [0.1, 0.15) is 23.9 Å². The molecule has 0 saturated carbocycles. The Morgan fingerprint density at radius 3 is 2.60 bits per heavy atom. The van der Waals surface area contributed by atoms with Crippen molar-refractivity contribution in [2.75, 3.05) is 12.8 Å². The molecule has 1 rings (SSSR count). The average molecular weight is 227 g/mol. The fourth-order valence-corrected chi connectivity index (χ4v) is 1.84. The first kappa shape index (κ1) is 12.6. The van der Waals surface area contributed by atoms with Gasteiger partial charge in [0.05, 0.1) is 5.69 Å². The van der Waals surface area contributed by atoms with Gasteiger partial charge in [0.25, 0.3) is 0 Å². The minimum atomic E-state index is 0.669. The van der Waals surface area contributed by atoms with Crippen molar-refractivity contribution in [2.45, 2.75) is 32.6 Å². The molecule has 15 heavy (non-hydrogen) atoms. The van der Waals surface area contributed by atoms with Crippen LogP contribution in [0.5, 0.6) is 0 Å². The zero-order valence-electron chi connectivity index (χ0n) is 10.3. The van der Waals surface area contributed by atoms with Gasteiger partial charge in [0.2, 0.25) is 0 Å². The molecule has 0 spiro atoms. The first-order chi connectivity index (χ1) is 7.06. The minimum Gasteiger partial charge on any atom is -0.311 e. The van der Waals surface area contributed by atoms with Crippen LogP contribution in [0.25, 0.3) is 0 Å². The van der Waals surface area contributed by atoms with Gasteiger partial charge in [-0.25, -0.2) is 0 Å². The molecule has 1 aromatic rings. The van der Waals surface area contributed by atoms with Crippen LogP contribution < -0.4 is 5.32 Å². The second-order valence-electron chi connectivity index (χ2n) is 3.95. The summed E-state index contributed by atoms with van der Waals surface area (Å²) in [7, 11) is 2.00. The standard InChI is InChI=1S/C11H21N3S/c1-8(15-5)6-12-7-11-9(2)13-14(4)10(11)3/h8,12H,6-7H2,1-5H3. The third-order valence-electron chi connectivity index (χ3n) is 2.79. The average Bonchev–Trinajstić information content (AvgIpc) is 2.44. The summed E-state index contributed by atoms with van der Waals surface area (Å²) in [4.78, 5) is 0. The summed E-state index contributed by atoms with van der Waals surface area (Å²) >= 11 is 1.89. The zero-order chi connectivity index (χ0) is 11.4. The fourth-order valence-electron chi connectivity index (χ4n) is 1.56. The Balaban J connectivity index is 2.50. The first-order valence-electron chi connectivity index (χ1n) is 5.28. The van der Waals surface area contributed by atoms with Gasteiger partial charge in [-0.1, -0.05) is 6.92 Å². The normalized spacial score (nSPS) is 13.1. The highest BCUT2D eigenvalue weighted by Gasteiger charge is 2.08. The van der Waals surface area contributed by atoms with E-state index >= 15 is 0 Å². The highest BCUT2D eigenvalue weighted by atomic mass is 32.2. The molecule has 0 saturated heterocycles. The third-order valence-corrected chi connectivity index (χ3v) is 3.77. The van der Waals surface area contributed by atoms with Gasteiger partial charge in [-0.2, -0.15) is 16.9 Å². The van der Waals surface area contributed by atoms with Gasteiger partial charge in [-0.3, -0.25) is 4.68 Å². The molecule has 1 unspecified atom stereocenters. The maximum atomic E-state index is 4.40. The SMILES string of the molecule is CSC(C)CNCc1c(C)nn(C)c1C. The lowest BCUT2D eigenvalue weighted by Crippen LogP contribution is -2.22. The van der Waals surface area contributed by atoms with Crippen LogP contribution in [0.15, 0.2) is 0 Å². The zero-order valence-corrected chi connectivity index (χ0v) is 11.1. The van der Waals surface area contributed by atoms with E-state index in [0.717, 1.165) is 18.8 Å². The van der Waals surface area contributed by atoms with Crippen molar-refractivity contribution in [3.8, 4) is 0 Å². The van der Waals surface area contributed by atoms with Gasteiger partial charge < -0.3 is 5.32 Å². The van der Waals surface area contributed by atoms with Crippen LogP contribution in [0.3, 0.4) is 0 Å². The number of nitrogens with zero attached hydrogens (tertiary/aromatic N) is 2. The number of rotatable bonds is 5. The second-order valence-corrected chi connectivity index (χ2v) is 5.23. The predicted molar refractivity (Wildman–Crippen MR) is 67.4 cm³/mol. The molecule has 1 heterocycles. The van der Waals surface area contributed by atoms with E-state index in [9.17, 15) is 0 Å². The Kier molecular flexibility index (Phi) is 4.67. The molecule has 0 amide bonds. The van der Waals surface area contributed by atoms with Gasteiger partial charge in [0, 0.05) is 36.6 Å². The quantitative estimate of drug-likeness (QED) is 0.833. The van der Waals surface area contributed by atoms with Crippen LogP contribution >= 0.6 is 11.8 Å². The van der Waals surface area contributed by atoms with Crippen molar-refractivity contribution in [3.63, 3.8) is 0 Å². The second kappa shape index (κ2) is 5.56. The third kappa shape index (κ3) is 3.24. The summed E-state index contributed by atoms with van der Waals surface area (Å²) < 4.78 is 1.95. The van der Waals surface area contributed by atoms with Crippen LogP contribution in [0, 0.1) is 13.8 Å². The monoisotopic (exact) mass is 227 g/mol. The van der Waals surface area contributed by atoms with Crippen LogP contribution in [0.4, 0.5) is 0 Å². The summed E-state index contributed by atoms with van der Waals surface area (Å²) in [5, 5.41) is 8.54. The van der Waals surface area contributed by atoms with Gasteiger partial charge in [0.15, 0.2) is 0 Å². The molecule has 1 aromatic heterocycles. The molecule has 86 valence electrons. The minimum absolute atomic E-state index is 0.669. The molecule has 0 bridgehead atoms. The molecule has 0 aliphatic heterocycles. The molecule has 0 aliphatic carbocycles. The van der Waals surface area contributed by atoms with E-state index in [1.165, 1.54) is 11.3 Å². The summed E-state index contributed by atoms with van der Waals surface area (Å²) in [5.41, 5.74) is 3.74. The first-order valence-corrected chi connectivity index (χ1v) is 6.57. The van der Waals surface area contributed by atoms with E-state index in [4.69, 9.17) is 0 Å². The molecular weight excluding hydrogens is 206 g/mol. The smallest absolute Gasteiger partial charge is 0.0641 e. The van der Waals surface area contributed by atoms with E-state index < -0.39 is 0 Å². The van der Waals surface area contributed by atoms with Crippen molar-refractivity contribution in [3.05, 3.63) is 17.0 Å². The van der Waals surface area contributed by atoms with Crippen molar-refractivity contribution in [1.82, 2.24) is 15.1 Å². The predicted octanol–water partition coefficient (Wildman–Crippen LogP) is 1.88. The Bertz CT molecular complexity index is 320. The maximum Gasteiger partial charge on any atom is 0.0641 e. The lowest BCUT2D eigenvalue weighted by molar-refractivity contribution is 0.677. The summed E-state index contributed by atoms with van der Waals surface area (Å²) in [6, 6.07) is 0. The lowest BCUT2D eigenvalue weighted by Gasteiger charge is -2.09. The number of thioether (sulfide) groups is 1. The van der Waals surface area contributed by atoms with E-state index in [-0.39, 0.29) is 0 Å². The van der Waals surface area contributed by atoms with Crippen LogP contribution in [-0.4, -0.2) is 27.8 Å². The molecular formula is C11H21N3S. The Morgan fingerprint density at radius 1 is 1.47 bits per heavy atom. The van der Waals surface area contributed by atoms with Gasteiger partial charge in [0.1, 0.15) is 0 Å². The molecule has 0 aromatic carbocycles. The molecule has 1 N–H and O–H groups in total. The van der Waals surface area contributed by atoms with Gasteiger partial charge in [-0.15, -0.1) is 0 Å². The van der Waals surface area contributed by atoms with Gasteiger partial charge in [-0.05, 0) is 20.1 Å². The van der Waals surface area contributed by atoms with E-state index in [1.807, 2.05) is 23.5 Å². The fraction of sp³-hybridized carbons (Fsp3) is 0.727. The van der Waals surface area contributed by atoms with Crippen LogP contribution in [0.2, 0.25) is 0 Å². The highest BCUT2D eigenvalue weighted by Crippen LogP contribution is 2.11. The van der Waals surface area contributed by atoms with E-state index in [2.05, 4.69) is 37.4 Å². The molecule has 3 nitrogen and oxygen atoms in total. The molecule has 4 heteroatoms. The maximum absolute atomic E-state index is 4.40. The largest absolute Gasteiger partial charge is 0.311 e. The number of hydrogen-bond acceptors (Lipinski definition) is 3. The molecule has 0 radical (unpaired) electrons. The Labute approximate surface area is 96.6 Å². The summed E-state index contributed by atoms with van der Waals surface area (Å²) in [5.74, 6) is 0. The van der Waals surface area contributed by atoms with Crippen molar-refractivity contribution >= 4 is 11.8 Å². The highest BCUT2D eigenvalue weighted by molar-refractivity contribution is 7.99. The molecule has 1 atom stereocenters. The topological polar surface area (TPSA) is 29.9 Å². The summed E-state index contributed by atoms with van der Waals surface area (Å²) in [6.45, 7) is 8.41. The number of aromatic nitrogens is 2. The number of nitrogens with one attached hydrogen (secondary N) is 1. The van der Waals surface area contributed by atoms with E-state index in [1.54, 1.807) is 0 Å². The van der Waals surface area contributed by atoms with Crippen molar-refractivity contribution < 1.29 is 0 Å². The lowest BCUT2D eigenvalue weighted by atomic mass is 10.2. The van der Waals surface area contributed by atoms with Crippen LogP contribution in [-0.2, 0) is 13.6 Å². The van der Waals surface area contributed by atoms with E-state index in [0.29, 0.717) is 5.25 Å². The van der Waals surface area contributed by atoms with Crippen molar-refractivity contribution in [2.24, 2.45) is 7.05 Å². The Morgan fingerprint density at radius 2 is 2.13 bits per heavy atom.